The number of anilines is 2. The van der Waals surface area contributed by atoms with Crippen LogP contribution < -0.4 is 10.6 Å². The first-order chi connectivity index (χ1) is 9.61. The Labute approximate surface area is 124 Å². The fourth-order valence-corrected chi connectivity index (χ4v) is 2.44. The lowest BCUT2D eigenvalue weighted by molar-refractivity contribution is 1.26. The molecule has 0 radical (unpaired) electrons. The van der Waals surface area contributed by atoms with Gasteiger partial charge in [0.25, 0.3) is 0 Å². The average molecular weight is 280 g/mol. The highest BCUT2D eigenvalue weighted by molar-refractivity contribution is 7.80. The number of fused-ring (bicyclic) bond motifs is 1. The predicted octanol–water partition coefficient (Wildman–Crippen LogP) is 4.54. The zero-order valence-electron chi connectivity index (χ0n) is 11.1. The molecule has 2 aromatic carbocycles. The fourth-order valence-electron chi connectivity index (χ4n) is 2.29. The minimum Gasteiger partial charge on any atom is -0.359 e. The zero-order valence-corrected chi connectivity index (χ0v) is 12.0. The lowest BCUT2D eigenvalue weighted by Gasteiger charge is -2.11. The van der Waals surface area contributed by atoms with Crippen molar-refractivity contribution in [2.45, 2.75) is 11.3 Å². The van der Waals surface area contributed by atoms with E-state index in [1.807, 2.05) is 24.3 Å². The van der Waals surface area contributed by atoms with Gasteiger partial charge in [0.05, 0.1) is 0 Å². The number of nitrogens with one attached hydrogen (secondary N) is 2. The molecule has 1 aliphatic rings. The van der Waals surface area contributed by atoms with Crippen LogP contribution >= 0.6 is 12.6 Å². The Morgan fingerprint density at radius 3 is 2.65 bits per heavy atom. The molecule has 0 amide bonds. The summed E-state index contributed by atoms with van der Waals surface area (Å²) in [5.41, 5.74) is 6.40. The number of rotatable bonds is 3. The minimum absolute atomic E-state index is 0.874. The predicted molar refractivity (Wildman–Crippen MR) is 89.3 cm³/mol. The van der Waals surface area contributed by atoms with Crippen LogP contribution in [0.5, 0.6) is 0 Å². The second-order valence-corrected chi connectivity index (χ2v) is 5.44. The molecule has 20 heavy (non-hydrogen) atoms. The molecule has 0 spiro atoms. The molecule has 3 heteroatoms. The van der Waals surface area contributed by atoms with E-state index in [1.54, 1.807) is 0 Å². The van der Waals surface area contributed by atoms with Gasteiger partial charge in [0.15, 0.2) is 0 Å². The van der Waals surface area contributed by atoms with Crippen molar-refractivity contribution in [3.05, 3.63) is 72.4 Å². The number of benzene rings is 2. The van der Waals surface area contributed by atoms with E-state index in [9.17, 15) is 0 Å². The van der Waals surface area contributed by atoms with Crippen LogP contribution in [-0.4, -0.2) is 0 Å². The Kier molecular flexibility index (Phi) is 3.28. The van der Waals surface area contributed by atoms with Gasteiger partial charge >= 0.3 is 0 Å². The second-order valence-electron chi connectivity index (χ2n) is 4.93. The maximum absolute atomic E-state index is 4.28. The third-order valence-electron chi connectivity index (χ3n) is 3.34. The summed E-state index contributed by atoms with van der Waals surface area (Å²) in [5.74, 6) is 0. The zero-order chi connectivity index (χ0) is 14.1. The van der Waals surface area contributed by atoms with Crippen molar-refractivity contribution in [3.63, 3.8) is 0 Å². The second kappa shape index (κ2) is 5.10. The van der Waals surface area contributed by atoms with E-state index >= 15 is 0 Å². The van der Waals surface area contributed by atoms with Crippen LogP contribution in [0.15, 0.2) is 66.2 Å². The van der Waals surface area contributed by atoms with E-state index < -0.39 is 0 Å². The Bertz CT molecular complexity index is 687. The smallest absolute Gasteiger partial charge is 0.0425 e. The molecule has 0 unspecified atom stereocenters. The van der Waals surface area contributed by atoms with Crippen LogP contribution in [0, 0.1) is 0 Å². The van der Waals surface area contributed by atoms with Crippen LogP contribution in [-0.2, 0) is 6.42 Å². The maximum Gasteiger partial charge on any atom is 0.0425 e. The van der Waals surface area contributed by atoms with Gasteiger partial charge in [0, 0.05) is 34.1 Å². The van der Waals surface area contributed by atoms with Crippen LogP contribution in [0.3, 0.4) is 0 Å². The Balaban J connectivity index is 1.79. The molecule has 2 aromatic rings. The standard InChI is InChI=1S/C17H16N2S/c1-11-9-14-4-3-13(10-17(14)18-11)12(2)19-15-5-7-16(20)8-6-15/h3-8,10,18-20H,1-2,9H2. The summed E-state index contributed by atoms with van der Waals surface area (Å²) in [7, 11) is 0. The molecule has 0 fully saturated rings. The molecule has 3 rings (SSSR count). The van der Waals surface area contributed by atoms with Gasteiger partial charge in [-0.2, -0.15) is 0 Å². The van der Waals surface area contributed by atoms with Gasteiger partial charge in [0.1, 0.15) is 0 Å². The molecule has 0 bridgehead atoms. The molecule has 2 nitrogen and oxygen atoms in total. The SMILES string of the molecule is C=C1Cc2ccc(C(=C)Nc3ccc(S)cc3)cc2N1. The Hall–Kier alpha value is -2.13. The summed E-state index contributed by atoms with van der Waals surface area (Å²) in [5, 5.41) is 6.60. The number of thiol groups is 1. The quantitative estimate of drug-likeness (QED) is 0.719. The monoisotopic (exact) mass is 280 g/mol. The Morgan fingerprint density at radius 1 is 1.15 bits per heavy atom. The molecule has 100 valence electrons. The number of hydrogen-bond donors (Lipinski definition) is 3. The molecule has 0 aromatic heterocycles. The van der Waals surface area contributed by atoms with Crippen LogP contribution in [0.2, 0.25) is 0 Å². The molecular formula is C17H16N2S. The van der Waals surface area contributed by atoms with E-state index in [0.29, 0.717) is 0 Å². The van der Waals surface area contributed by atoms with E-state index in [4.69, 9.17) is 0 Å². The third kappa shape index (κ3) is 2.58. The average Bonchev–Trinajstić information content (AvgIpc) is 2.80. The van der Waals surface area contributed by atoms with Crippen molar-refractivity contribution in [1.82, 2.24) is 0 Å². The van der Waals surface area contributed by atoms with Crippen molar-refractivity contribution in [2.24, 2.45) is 0 Å². The van der Waals surface area contributed by atoms with Crippen molar-refractivity contribution in [1.29, 1.82) is 0 Å². The largest absolute Gasteiger partial charge is 0.359 e. The van der Waals surface area contributed by atoms with Gasteiger partial charge in [-0.25, -0.2) is 0 Å². The number of allylic oxidation sites excluding steroid dienone is 1. The highest BCUT2D eigenvalue weighted by Crippen LogP contribution is 2.30. The number of hydrogen-bond acceptors (Lipinski definition) is 3. The van der Waals surface area contributed by atoms with Crippen molar-refractivity contribution < 1.29 is 0 Å². The minimum atomic E-state index is 0.874. The van der Waals surface area contributed by atoms with Gasteiger partial charge in [-0.3, -0.25) is 0 Å². The first-order valence-corrected chi connectivity index (χ1v) is 6.89. The molecule has 1 heterocycles. The molecular weight excluding hydrogens is 264 g/mol. The van der Waals surface area contributed by atoms with Crippen molar-refractivity contribution >= 4 is 29.7 Å². The van der Waals surface area contributed by atoms with E-state index in [1.165, 1.54) is 5.56 Å². The van der Waals surface area contributed by atoms with Crippen LogP contribution in [0.4, 0.5) is 11.4 Å². The molecule has 0 aliphatic carbocycles. The van der Waals surface area contributed by atoms with E-state index in [2.05, 4.69) is 54.6 Å². The van der Waals surface area contributed by atoms with Crippen molar-refractivity contribution in [3.8, 4) is 0 Å². The van der Waals surface area contributed by atoms with Crippen LogP contribution in [0.1, 0.15) is 11.1 Å². The summed E-state index contributed by atoms with van der Waals surface area (Å²) >= 11 is 4.28. The fraction of sp³-hybridized carbons (Fsp3) is 0.0588. The third-order valence-corrected chi connectivity index (χ3v) is 3.63. The Morgan fingerprint density at radius 2 is 1.90 bits per heavy atom. The first kappa shape index (κ1) is 12.9. The van der Waals surface area contributed by atoms with E-state index in [-0.39, 0.29) is 0 Å². The molecule has 0 atom stereocenters. The van der Waals surface area contributed by atoms with E-state index in [0.717, 1.165) is 39.6 Å². The summed E-state index contributed by atoms with van der Waals surface area (Å²) in [6, 6.07) is 14.2. The lowest BCUT2D eigenvalue weighted by atomic mass is 10.1. The highest BCUT2D eigenvalue weighted by atomic mass is 32.1. The van der Waals surface area contributed by atoms with Gasteiger partial charge in [-0.15, -0.1) is 12.6 Å². The summed E-state index contributed by atoms with van der Waals surface area (Å²) in [6.45, 7) is 8.07. The van der Waals surface area contributed by atoms with Gasteiger partial charge in [0.2, 0.25) is 0 Å². The highest BCUT2D eigenvalue weighted by Gasteiger charge is 2.13. The summed E-state index contributed by atoms with van der Waals surface area (Å²) in [6.07, 6.45) is 0.902. The van der Waals surface area contributed by atoms with Gasteiger partial charge in [-0.05, 0) is 41.5 Å². The molecule has 0 saturated carbocycles. The molecule has 1 aliphatic heterocycles. The topological polar surface area (TPSA) is 24.1 Å². The van der Waals surface area contributed by atoms with Crippen LogP contribution in [0.25, 0.3) is 5.70 Å². The van der Waals surface area contributed by atoms with Crippen molar-refractivity contribution in [2.75, 3.05) is 10.6 Å². The first-order valence-electron chi connectivity index (χ1n) is 6.45. The summed E-state index contributed by atoms with van der Waals surface area (Å²) < 4.78 is 0. The maximum atomic E-state index is 4.28. The summed E-state index contributed by atoms with van der Waals surface area (Å²) in [4.78, 5) is 0.946. The van der Waals surface area contributed by atoms with Gasteiger partial charge < -0.3 is 10.6 Å². The van der Waals surface area contributed by atoms with Gasteiger partial charge in [-0.1, -0.05) is 25.3 Å². The molecule has 2 N–H and O–H groups in total. The normalized spacial score (nSPS) is 12.8. The molecule has 0 saturated heterocycles. The lowest BCUT2D eigenvalue weighted by Crippen LogP contribution is -1.98.